The highest BCUT2D eigenvalue weighted by Crippen LogP contribution is 2.31. The number of benzene rings is 2. The molecule has 2 aromatic heterocycles. The maximum Gasteiger partial charge on any atom is 0.471 e. The highest BCUT2D eigenvalue weighted by atomic mass is 19.4. The molecule has 2 aromatic carbocycles. The smallest absolute Gasteiger partial charge is 0.354 e. The van der Waals surface area contributed by atoms with Gasteiger partial charge in [0.15, 0.2) is 0 Å². The molecule has 0 unspecified atom stereocenters. The molecule has 0 aliphatic rings. The van der Waals surface area contributed by atoms with Crippen molar-refractivity contribution in [1.29, 1.82) is 0 Å². The first-order valence-corrected chi connectivity index (χ1v) is 9.62. The number of aromatic nitrogens is 3. The Morgan fingerprint density at radius 2 is 1.94 bits per heavy atom. The fraction of sp³-hybridized carbons (Fsp3) is 0.227. The molecule has 0 aliphatic heterocycles. The summed E-state index contributed by atoms with van der Waals surface area (Å²) in [6.07, 6.45) is -2.42. The van der Waals surface area contributed by atoms with E-state index >= 15 is 0 Å². The van der Waals surface area contributed by atoms with E-state index in [0.717, 1.165) is 22.0 Å². The zero-order valence-corrected chi connectivity index (χ0v) is 16.6. The van der Waals surface area contributed by atoms with E-state index in [0.29, 0.717) is 25.1 Å². The molecule has 0 spiro atoms. The lowest BCUT2D eigenvalue weighted by atomic mass is 10.1. The Morgan fingerprint density at radius 1 is 1.16 bits per heavy atom. The number of nitrogens with one attached hydrogen (secondary N) is 1. The minimum absolute atomic E-state index is 0.0563. The van der Waals surface area contributed by atoms with Gasteiger partial charge in [0.2, 0.25) is 11.7 Å². The molecule has 0 bridgehead atoms. The first-order valence-electron chi connectivity index (χ1n) is 9.62. The van der Waals surface area contributed by atoms with Crippen LogP contribution in [0.15, 0.2) is 59.3 Å². The van der Waals surface area contributed by atoms with Crippen LogP contribution < -0.4 is 5.32 Å². The number of fused-ring (bicyclic) bond motifs is 1. The Bertz CT molecular complexity index is 1210. The number of carbonyl (C=O) groups excluding carboxylic acids is 1. The van der Waals surface area contributed by atoms with Gasteiger partial charge >= 0.3 is 12.1 Å². The highest BCUT2D eigenvalue weighted by molar-refractivity contribution is 5.87. The Hall–Kier alpha value is -3.62. The van der Waals surface area contributed by atoms with Crippen molar-refractivity contribution in [3.8, 4) is 11.4 Å². The van der Waals surface area contributed by atoms with Gasteiger partial charge in [-0.3, -0.25) is 4.79 Å². The molecule has 0 radical (unpaired) electrons. The first kappa shape index (κ1) is 20.6. The van der Waals surface area contributed by atoms with Gasteiger partial charge in [-0.15, -0.1) is 0 Å². The molecular weight excluding hydrogens is 409 g/mol. The summed E-state index contributed by atoms with van der Waals surface area (Å²) in [6, 6.07) is 14.7. The van der Waals surface area contributed by atoms with Gasteiger partial charge in [0.1, 0.15) is 0 Å². The molecule has 0 atom stereocenters. The van der Waals surface area contributed by atoms with Crippen molar-refractivity contribution < 1.29 is 22.5 Å². The molecule has 4 aromatic rings. The average molecular weight is 428 g/mol. The predicted molar refractivity (Wildman–Crippen MR) is 108 cm³/mol. The Balaban J connectivity index is 1.45. The molecule has 2 heterocycles. The van der Waals surface area contributed by atoms with Crippen molar-refractivity contribution >= 4 is 16.8 Å². The Kier molecular flexibility index (Phi) is 5.50. The van der Waals surface area contributed by atoms with Gasteiger partial charge in [0.25, 0.3) is 0 Å². The molecule has 9 heteroatoms. The second-order valence-corrected chi connectivity index (χ2v) is 7.17. The molecule has 1 amide bonds. The van der Waals surface area contributed by atoms with E-state index in [2.05, 4.69) is 20.0 Å². The van der Waals surface area contributed by atoms with Crippen LogP contribution in [0.4, 0.5) is 13.2 Å². The minimum Gasteiger partial charge on any atom is -0.354 e. The number of alkyl halides is 3. The number of carbonyl (C=O) groups is 1. The lowest BCUT2D eigenvalue weighted by Gasteiger charge is -2.08. The topological polar surface area (TPSA) is 73.0 Å². The number of amides is 1. The molecule has 0 aliphatic carbocycles. The van der Waals surface area contributed by atoms with E-state index in [-0.39, 0.29) is 11.7 Å². The summed E-state index contributed by atoms with van der Waals surface area (Å²) >= 11 is 0. The summed E-state index contributed by atoms with van der Waals surface area (Å²) in [7, 11) is 0. The third-order valence-corrected chi connectivity index (χ3v) is 4.89. The summed E-state index contributed by atoms with van der Waals surface area (Å²) in [4.78, 5) is 15.6. The number of hydrogen-bond donors (Lipinski definition) is 1. The monoisotopic (exact) mass is 428 g/mol. The standard InChI is InChI=1S/C22H19F3N4O2/c1-14-13-29(10-9-26-19(30)11-15-5-3-2-4-6-15)18-8-7-16(12-17(14)18)20-27-21(31-28-20)22(23,24)25/h2-8,12-13H,9-11H2,1H3,(H,26,30). The van der Waals surface area contributed by atoms with Crippen molar-refractivity contribution in [2.45, 2.75) is 26.1 Å². The van der Waals surface area contributed by atoms with Gasteiger partial charge in [0.05, 0.1) is 6.42 Å². The van der Waals surface area contributed by atoms with Gasteiger partial charge in [-0.2, -0.15) is 18.2 Å². The van der Waals surface area contributed by atoms with Crippen molar-refractivity contribution in [2.24, 2.45) is 0 Å². The van der Waals surface area contributed by atoms with Crippen LogP contribution in [0.2, 0.25) is 0 Å². The van der Waals surface area contributed by atoms with E-state index in [1.165, 1.54) is 0 Å². The normalized spacial score (nSPS) is 11.7. The van der Waals surface area contributed by atoms with Crippen LogP contribution in [0.25, 0.3) is 22.3 Å². The van der Waals surface area contributed by atoms with Crippen LogP contribution >= 0.6 is 0 Å². The number of hydrogen-bond acceptors (Lipinski definition) is 4. The predicted octanol–water partition coefficient (Wildman–Crippen LogP) is 4.38. The highest BCUT2D eigenvalue weighted by Gasteiger charge is 2.38. The lowest BCUT2D eigenvalue weighted by Crippen LogP contribution is -2.28. The Labute approximate surface area is 175 Å². The fourth-order valence-electron chi connectivity index (χ4n) is 3.41. The van der Waals surface area contributed by atoms with Gasteiger partial charge in [-0.1, -0.05) is 35.5 Å². The molecule has 31 heavy (non-hydrogen) atoms. The molecule has 0 saturated heterocycles. The van der Waals surface area contributed by atoms with Crippen LogP contribution in [-0.4, -0.2) is 27.2 Å². The fourth-order valence-corrected chi connectivity index (χ4v) is 3.41. The number of rotatable bonds is 6. The summed E-state index contributed by atoms with van der Waals surface area (Å²) < 4.78 is 44.4. The molecular formula is C22H19F3N4O2. The summed E-state index contributed by atoms with van der Waals surface area (Å²) in [5.41, 5.74) is 3.23. The maximum absolute atomic E-state index is 12.7. The van der Waals surface area contributed by atoms with Gasteiger partial charge in [-0.25, -0.2) is 0 Å². The second-order valence-electron chi connectivity index (χ2n) is 7.17. The van der Waals surface area contributed by atoms with Crippen molar-refractivity contribution in [1.82, 2.24) is 20.0 Å². The quantitative estimate of drug-likeness (QED) is 0.495. The Morgan fingerprint density at radius 3 is 2.65 bits per heavy atom. The van der Waals surface area contributed by atoms with Crippen LogP contribution in [0.3, 0.4) is 0 Å². The number of halogens is 3. The van der Waals surface area contributed by atoms with E-state index in [1.807, 2.05) is 48.0 Å². The molecule has 0 fully saturated rings. The first-order chi connectivity index (χ1) is 14.8. The van der Waals surface area contributed by atoms with E-state index in [9.17, 15) is 18.0 Å². The summed E-state index contributed by atoms with van der Waals surface area (Å²) in [6.45, 7) is 2.93. The van der Waals surface area contributed by atoms with Crippen molar-refractivity contribution in [2.75, 3.05) is 6.54 Å². The zero-order valence-electron chi connectivity index (χ0n) is 16.6. The molecule has 6 nitrogen and oxygen atoms in total. The number of nitrogens with zero attached hydrogens (tertiary/aromatic N) is 3. The molecule has 0 saturated carbocycles. The third kappa shape index (κ3) is 4.60. The lowest BCUT2D eigenvalue weighted by molar-refractivity contribution is -0.159. The van der Waals surface area contributed by atoms with Crippen LogP contribution in [0.5, 0.6) is 0 Å². The van der Waals surface area contributed by atoms with Gasteiger partial charge in [-0.05, 0) is 36.2 Å². The average Bonchev–Trinajstić information content (AvgIpc) is 3.34. The van der Waals surface area contributed by atoms with Gasteiger partial charge < -0.3 is 14.4 Å². The maximum atomic E-state index is 12.7. The third-order valence-electron chi connectivity index (χ3n) is 4.89. The van der Waals surface area contributed by atoms with E-state index in [4.69, 9.17) is 0 Å². The molecule has 160 valence electrons. The number of aryl methyl sites for hydroxylation is 1. The summed E-state index contributed by atoms with van der Waals surface area (Å²) in [5.74, 6) is -1.54. The van der Waals surface area contributed by atoms with E-state index < -0.39 is 12.1 Å². The van der Waals surface area contributed by atoms with Crippen molar-refractivity contribution in [3.05, 3.63) is 71.7 Å². The molecule has 4 rings (SSSR count). The van der Waals surface area contributed by atoms with Crippen molar-refractivity contribution in [3.63, 3.8) is 0 Å². The van der Waals surface area contributed by atoms with Crippen LogP contribution in [0.1, 0.15) is 17.0 Å². The van der Waals surface area contributed by atoms with E-state index in [1.54, 1.807) is 18.2 Å². The second kappa shape index (κ2) is 8.25. The molecule has 1 N–H and O–H groups in total. The minimum atomic E-state index is -4.68. The van der Waals surface area contributed by atoms with Gasteiger partial charge in [0, 0.05) is 35.8 Å². The summed E-state index contributed by atoms with van der Waals surface area (Å²) in [5, 5.41) is 7.22. The SMILES string of the molecule is Cc1cn(CCNC(=O)Cc2ccccc2)c2ccc(-c3noc(C(F)(F)F)n3)cc12. The van der Waals surface area contributed by atoms with Crippen LogP contribution in [-0.2, 0) is 23.9 Å². The zero-order chi connectivity index (χ0) is 22.0. The largest absolute Gasteiger partial charge is 0.471 e. The van der Waals surface area contributed by atoms with Crippen LogP contribution in [0, 0.1) is 6.92 Å².